The second kappa shape index (κ2) is 13.7. The van der Waals surface area contributed by atoms with Gasteiger partial charge < -0.3 is 4.90 Å². The van der Waals surface area contributed by atoms with Crippen LogP contribution < -0.4 is 14.0 Å². The number of unbranched alkanes of at least 4 members (excludes halogenated alkanes) is 1. The van der Waals surface area contributed by atoms with E-state index < -0.39 is 0 Å². The van der Waals surface area contributed by atoms with Crippen LogP contribution in [0.15, 0.2) is 121 Å². The fraction of sp³-hybridized carbons (Fsp3) is 0.222. The molecule has 1 N–H and O–H groups in total. The normalized spacial score (nSPS) is 11.2. The number of hydrogen-bond acceptors (Lipinski definition) is 4. The lowest BCUT2D eigenvalue weighted by molar-refractivity contribution is -0.664. The van der Waals surface area contributed by atoms with Gasteiger partial charge in [-0.15, -0.1) is 0 Å². The molecule has 43 heavy (non-hydrogen) atoms. The van der Waals surface area contributed by atoms with E-state index in [1.54, 1.807) is 18.1 Å². The number of thioether (sulfide) groups is 1. The third-order valence-electron chi connectivity index (χ3n) is 7.77. The number of hydrogen-bond donors (Lipinski definition) is 1. The Morgan fingerprint density at radius 3 is 2.05 bits per heavy atom. The first-order valence-electron chi connectivity index (χ1n) is 14.9. The Hall–Kier alpha value is -4.49. The average Bonchev–Trinajstić information content (AvgIpc) is 3.47. The van der Waals surface area contributed by atoms with Crippen LogP contribution in [0.4, 0.5) is 5.69 Å². The quantitative estimate of drug-likeness (QED) is 0.0771. The van der Waals surface area contributed by atoms with Gasteiger partial charge in [-0.2, -0.15) is 4.57 Å². The van der Waals surface area contributed by atoms with Gasteiger partial charge in [0, 0.05) is 49.8 Å². The summed E-state index contributed by atoms with van der Waals surface area (Å²) >= 11 is 1.74. The molecule has 0 fully saturated rings. The van der Waals surface area contributed by atoms with Gasteiger partial charge in [0.1, 0.15) is 5.03 Å². The number of pyridine rings is 1. The monoisotopic (exact) mass is 586 g/mol. The lowest BCUT2D eigenvalue weighted by Crippen LogP contribution is -2.33. The van der Waals surface area contributed by atoms with Gasteiger partial charge in [0.2, 0.25) is 11.2 Å². The predicted molar refractivity (Wildman–Crippen MR) is 175 cm³/mol. The summed E-state index contributed by atoms with van der Waals surface area (Å²) < 4.78 is 4.33. The Kier molecular flexibility index (Phi) is 9.09. The van der Waals surface area contributed by atoms with E-state index >= 15 is 0 Å². The minimum atomic E-state index is 0.772. The topological polar surface area (TPSA) is 52.6 Å². The fourth-order valence-corrected chi connectivity index (χ4v) is 6.17. The first-order valence-corrected chi connectivity index (χ1v) is 15.8. The summed E-state index contributed by atoms with van der Waals surface area (Å²) in [6.45, 7) is 0.772. The molecule has 3 aromatic heterocycles. The Balaban J connectivity index is 0.981. The molecule has 0 aliphatic heterocycles. The number of fused-ring (bicyclic) bond motifs is 1. The van der Waals surface area contributed by atoms with Crippen molar-refractivity contribution in [2.45, 2.75) is 43.0 Å². The van der Waals surface area contributed by atoms with Gasteiger partial charge in [0.15, 0.2) is 25.0 Å². The second-order valence-electron chi connectivity index (χ2n) is 11.1. The summed E-state index contributed by atoms with van der Waals surface area (Å²) in [6, 6.07) is 32.7. The van der Waals surface area contributed by atoms with Crippen molar-refractivity contribution in [1.29, 1.82) is 0 Å². The number of benzene rings is 3. The molecule has 0 amide bonds. The summed E-state index contributed by atoms with van der Waals surface area (Å²) in [5.41, 5.74) is 9.66. The first kappa shape index (κ1) is 28.6. The van der Waals surface area contributed by atoms with E-state index in [1.165, 1.54) is 46.5 Å². The zero-order valence-corrected chi connectivity index (χ0v) is 25.7. The molecule has 0 spiro atoms. The number of rotatable bonds is 12. The van der Waals surface area contributed by atoms with E-state index in [4.69, 9.17) is 0 Å². The largest absolute Gasteiger partial charge is 0.377 e. The number of nitrogens with zero attached hydrogens (tertiary/aromatic N) is 5. The number of nitrogens with one attached hydrogen (secondary N) is 1. The minimum Gasteiger partial charge on any atom is -0.377 e. The van der Waals surface area contributed by atoms with Crippen LogP contribution in [0.3, 0.4) is 0 Å². The van der Waals surface area contributed by atoms with Crippen LogP contribution >= 0.6 is 11.8 Å². The summed E-state index contributed by atoms with van der Waals surface area (Å²) in [6.07, 6.45) is 12.5. The van der Waals surface area contributed by atoms with Gasteiger partial charge >= 0.3 is 5.65 Å². The zero-order chi connectivity index (χ0) is 29.4. The fourth-order valence-electron chi connectivity index (χ4n) is 5.25. The van der Waals surface area contributed by atoms with Crippen LogP contribution in [0.5, 0.6) is 0 Å². The molecule has 0 aliphatic carbocycles. The average molecular weight is 587 g/mol. The molecule has 0 saturated carbocycles. The van der Waals surface area contributed by atoms with Crippen molar-refractivity contribution in [3.63, 3.8) is 0 Å². The van der Waals surface area contributed by atoms with Crippen molar-refractivity contribution in [3.05, 3.63) is 138 Å². The SMILES string of the molecule is CN(C)c1cc[n+](-c2ccc(CCCCc3ccc(C[n+]4c[nH]c5c(SCc6ccccc6)ncnc54)cc3)cc2)cc1. The summed E-state index contributed by atoms with van der Waals surface area (Å²) in [4.78, 5) is 14.6. The molecule has 0 aliphatic rings. The van der Waals surface area contributed by atoms with Crippen LogP contribution in [-0.4, -0.2) is 29.0 Å². The van der Waals surface area contributed by atoms with Gasteiger partial charge in [0.05, 0.1) is 6.54 Å². The van der Waals surface area contributed by atoms with Crippen LogP contribution in [0.2, 0.25) is 0 Å². The highest BCUT2D eigenvalue weighted by Gasteiger charge is 2.17. The maximum atomic E-state index is 4.58. The molecular formula is C36H38N6S+2. The van der Waals surface area contributed by atoms with Crippen molar-refractivity contribution in [2.24, 2.45) is 0 Å². The number of H-pyrrole nitrogens is 1. The molecule has 7 heteroatoms. The van der Waals surface area contributed by atoms with Gasteiger partial charge in [-0.1, -0.05) is 83.5 Å². The molecule has 0 saturated heterocycles. The maximum Gasteiger partial charge on any atom is 0.306 e. The zero-order valence-electron chi connectivity index (χ0n) is 24.9. The molecule has 6 rings (SSSR count). The summed E-state index contributed by atoms with van der Waals surface area (Å²) in [5.74, 6) is 0.880. The van der Waals surface area contributed by atoms with E-state index in [9.17, 15) is 0 Å². The van der Waals surface area contributed by atoms with Gasteiger partial charge in [-0.05, 0) is 47.9 Å². The number of anilines is 1. The third-order valence-corrected chi connectivity index (χ3v) is 8.83. The van der Waals surface area contributed by atoms with Crippen molar-refractivity contribution >= 4 is 28.6 Å². The lowest BCUT2D eigenvalue weighted by Gasteiger charge is -2.10. The standard InChI is InChI=1S/C36H37N6S/c1-40(2)32-20-22-41(23-21-32)33-18-16-29(17-19-33)9-7-6-8-28-12-14-30(15-13-28)24-42-27-39-34-35(42)37-26-38-36(34)43-25-31-10-4-3-5-11-31/h3-5,10-23,26-27H,6-9,24-25H2,1-2H3/q+1/p+1. The van der Waals surface area contributed by atoms with Crippen LogP contribution in [0, 0.1) is 0 Å². The Morgan fingerprint density at radius 1 is 0.721 bits per heavy atom. The second-order valence-corrected chi connectivity index (χ2v) is 12.1. The molecule has 0 atom stereocenters. The first-order chi connectivity index (χ1) is 21.1. The van der Waals surface area contributed by atoms with E-state index in [2.05, 4.69) is 140 Å². The predicted octanol–water partition coefficient (Wildman–Crippen LogP) is 6.49. The Morgan fingerprint density at radius 2 is 1.37 bits per heavy atom. The number of aromatic amines is 1. The molecule has 3 heterocycles. The van der Waals surface area contributed by atoms with E-state index in [0.717, 1.165) is 41.3 Å². The third kappa shape index (κ3) is 7.30. The maximum absolute atomic E-state index is 4.58. The number of imidazole rings is 1. The highest BCUT2D eigenvalue weighted by molar-refractivity contribution is 7.98. The molecule has 0 unspecified atom stereocenters. The Bertz CT molecular complexity index is 1750. The number of aromatic nitrogens is 5. The van der Waals surface area contributed by atoms with Gasteiger partial charge in [-0.3, -0.25) is 4.98 Å². The van der Waals surface area contributed by atoms with Crippen molar-refractivity contribution in [1.82, 2.24) is 15.0 Å². The van der Waals surface area contributed by atoms with Crippen LogP contribution in [-0.2, 0) is 25.1 Å². The van der Waals surface area contributed by atoms with E-state index in [0.29, 0.717) is 0 Å². The Labute approximate surface area is 258 Å². The minimum absolute atomic E-state index is 0.772. The number of aryl methyl sites for hydroxylation is 2. The summed E-state index contributed by atoms with van der Waals surface area (Å²) in [5, 5.41) is 0.979. The molecule has 0 bridgehead atoms. The van der Waals surface area contributed by atoms with Crippen LogP contribution in [0.1, 0.15) is 35.1 Å². The highest BCUT2D eigenvalue weighted by atomic mass is 32.2. The molecule has 6 nitrogen and oxygen atoms in total. The van der Waals surface area contributed by atoms with Crippen molar-refractivity contribution in [2.75, 3.05) is 19.0 Å². The van der Waals surface area contributed by atoms with E-state index in [1.807, 2.05) is 12.4 Å². The smallest absolute Gasteiger partial charge is 0.306 e. The molecule has 6 aromatic rings. The van der Waals surface area contributed by atoms with Gasteiger partial charge in [0.25, 0.3) is 0 Å². The summed E-state index contributed by atoms with van der Waals surface area (Å²) in [7, 11) is 4.13. The van der Waals surface area contributed by atoms with Gasteiger partial charge in [-0.25, -0.2) is 9.55 Å². The van der Waals surface area contributed by atoms with Crippen molar-refractivity contribution < 1.29 is 9.13 Å². The van der Waals surface area contributed by atoms with E-state index in [-0.39, 0.29) is 0 Å². The molecule has 0 radical (unpaired) electrons. The lowest BCUT2D eigenvalue weighted by atomic mass is 10.0. The molecular weight excluding hydrogens is 549 g/mol. The van der Waals surface area contributed by atoms with Crippen LogP contribution in [0.25, 0.3) is 16.9 Å². The highest BCUT2D eigenvalue weighted by Crippen LogP contribution is 2.25. The molecule has 3 aromatic carbocycles. The van der Waals surface area contributed by atoms with Crippen molar-refractivity contribution in [3.8, 4) is 5.69 Å². The molecule has 216 valence electrons.